The Balaban J connectivity index is 1.96. The predicted molar refractivity (Wildman–Crippen MR) is 67.8 cm³/mol. The molecule has 0 fully saturated rings. The number of thiazole rings is 1. The van der Waals surface area contributed by atoms with E-state index in [1.165, 1.54) is 0 Å². The van der Waals surface area contributed by atoms with Gasteiger partial charge in [0.15, 0.2) is 0 Å². The molecule has 0 aliphatic carbocycles. The number of rotatable bonds is 5. The molecule has 4 nitrogen and oxygen atoms in total. The highest BCUT2D eigenvalue weighted by Gasteiger charge is 1.97. The number of aromatic nitrogens is 2. The van der Waals surface area contributed by atoms with Crippen molar-refractivity contribution in [1.29, 1.82) is 0 Å². The minimum Gasteiger partial charge on any atom is -0.384 e. The van der Waals surface area contributed by atoms with Gasteiger partial charge in [-0.2, -0.15) is 0 Å². The molecule has 0 aliphatic rings. The van der Waals surface area contributed by atoms with E-state index in [1.54, 1.807) is 11.3 Å². The van der Waals surface area contributed by atoms with Crippen LogP contribution < -0.4 is 10.6 Å². The maximum atomic E-state index is 4.21. The fourth-order valence-corrected chi connectivity index (χ4v) is 1.91. The maximum absolute atomic E-state index is 4.21. The van der Waals surface area contributed by atoms with Crippen molar-refractivity contribution in [3.8, 4) is 0 Å². The predicted octanol–water partition coefficient (Wildman–Crippen LogP) is 2.58. The fourth-order valence-electron chi connectivity index (χ4n) is 1.36. The number of pyridine rings is 1. The van der Waals surface area contributed by atoms with E-state index in [2.05, 4.69) is 27.5 Å². The van der Waals surface area contributed by atoms with E-state index >= 15 is 0 Å². The fraction of sp³-hybridized carbons (Fsp3) is 0.273. The van der Waals surface area contributed by atoms with Crippen molar-refractivity contribution in [2.75, 3.05) is 17.2 Å². The molecule has 84 valence electrons. The molecule has 0 radical (unpaired) electrons. The number of hydrogen-bond donors (Lipinski definition) is 2. The Morgan fingerprint density at radius 3 is 2.75 bits per heavy atom. The zero-order chi connectivity index (χ0) is 11.2. The minimum atomic E-state index is 0.745. The molecule has 2 rings (SSSR count). The van der Waals surface area contributed by atoms with E-state index in [4.69, 9.17) is 0 Å². The van der Waals surface area contributed by atoms with Gasteiger partial charge in [0, 0.05) is 18.1 Å². The van der Waals surface area contributed by atoms with Crippen molar-refractivity contribution >= 4 is 22.7 Å². The van der Waals surface area contributed by atoms with Gasteiger partial charge in [-0.05, 0) is 13.0 Å². The van der Waals surface area contributed by atoms with Crippen molar-refractivity contribution in [2.24, 2.45) is 0 Å². The molecule has 5 heteroatoms. The molecule has 0 atom stereocenters. The quantitative estimate of drug-likeness (QED) is 0.835. The Morgan fingerprint density at radius 2 is 2.06 bits per heavy atom. The van der Waals surface area contributed by atoms with Gasteiger partial charge in [-0.1, -0.05) is 0 Å². The first-order chi connectivity index (χ1) is 7.88. The molecule has 0 aromatic carbocycles. The zero-order valence-corrected chi connectivity index (χ0v) is 9.92. The van der Waals surface area contributed by atoms with Gasteiger partial charge < -0.3 is 10.6 Å². The second-order valence-electron chi connectivity index (χ2n) is 3.27. The van der Waals surface area contributed by atoms with Crippen molar-refractivity contribution in [3.63, 3.8) is 0 Å². The third-order valence-corrected chi connectivity index (χ3v) is 2.83. The van der Waals surface area contributed by atoms with Crippen LogP contribution in [-0.4, -0.2) is 16.5 Å². The Hall–Kier alpha value is -1.62. The van der Waals surface area contributed by atoms with Crippen LogP contribution in [0.25, 0.3) is 0 Å². The molecule has 0 unspecified atom stereocenters. The van der Waals surface area contributed by atoms with Crippen LogP contribution in [0.15, 0.2) is 30.0 Å². The third kappa shape index (κ3) is 2.93. The Morgan fingerprint density at radius 1 is 1.25 bits per heavy atom. The highest BCUT2D eigenvalue weighted by Crippen LogP contribution is 2.14. The molecule has 2 heterocycles. The molecular weight excluding hydrogens is 220 g/mol. The van der Waals surface area contributed by atoms with Crippen LogP contribution in [0, 0.1) is 0 Å². The topological polar surface area (TPSA) is 49.8 Å². The van der Waals surface area contributed by atoms with Gasteiger partial charge in [-0.25, -0.2) is 4.98 Å². The summed E-state index contributed by atoms with van der Waals surface area (Å²) in [4.78, 5) is 8.37. The first-order valence-corrected chi connectivity index (χ1v) is 6.07. The van der Waals surface area contributed by atoms with E-state index in [-0.39, 0.29) is 0 Å². The molecule has 16 heavy (non-hydrogen) atoms. The molecular formula is C11H14N4S. The van der Waals surface area contributed by atoms with E-state index < -0.39 is 0 Å². The van der Waals surface area contributed by atoms with Gasteiger partial charge >= 0.3 is 0 Å². The molecule has 0 saturated carbocycles. The smallest absolute Gasteiger partial charge is 0.112 e. The molecule has 2 aromatic rings. The van der Waals surface area contributed by atoms with Crippen LogP contribution in [0.3, 0.4) is 0 Å². The summed E-state index contributed by atoms with van der Waals surface area (Å²) in [6, 6.07) is 2.05. The lowest BCUT2D eigenvalue weighted by Gasteiger charge is -2.07. The molecule has 2 aromatic heterocycles. The van der Waals surface area contributed by atoms with Crippen molar-refractivity contribution in [1.82, 2.24) is 9.97 Å². The summed E-state index contributed by atoms with van der Waals surface area (Å²) in [6.07, 6.45) is 5.45. The van der Waals surface area contributed by atoms with Gasteiger partial charge in [-0.3, -0.25) is 4.98 Å². The summed E-state index contributed by atoms with van der Waals surface area (Å²) in [7, 11) is 0. The van der Waals surface area contributed by atoms with Gasteiger partial charge in [0.05, 0.1) is 30.3 Å². The van der Waals surface area contributed by atoms with Gasteiger partial charge in [0.25, 0.3) is 0 Å². The lowest BCUT2D eigenvalue weighted by atomic mass is 10.3. The van der Waals surface area contributed by atoms with Crippen LogP contribution in [0.5, 0.6) is 0 Å². The van der Waals surface area contributed by atoms with Crippen molar-refractivity contribution in [2.45, 2.75) is 13.5 Å². The lowest BCUT2D eigenvalue weighted by Crippen LogP contribution is -2.01. The number of nitrogens with one attached hydrogen (secondary N) is 2. The summed E-state index contributed by atoms with van der Waals surface area (Å²) < 4.78 is 0. The highest BCUT2D eigenvalue weighted by molar-refractivity contribution is 7.09. The second kappa shape index (κ2) is 5.46. The average Bonchev–Trinajstić information content (AvgIpc) is 2.80. The first-order valence-electron chi connectivity index (χ1n) is 5.19. The average molecular weight is 234 g/mol. The summed E-state index contributed by atoms with van der Waals surface area (Å²) in [5, 5.41) is 9.57. The van der Waals surface area contributed by atoms with E-state index in [0.29, 0.717) is 0 Å². The first kappa shape index (κ1) is 10.9. The standard InChI is InChI=1S/C11H14N4S/c1-2-13-9-5-10(7-12-6-9)15-8-11-14-3-4-16-11/h3-7,13,15H,2,8H2,1H3. The maximum Gasteiger partial charge on any atom is 0.112 e. The van der Waals surface area contributed by atoms with Crippen LogP contribution in [-0.2, 0) is 6.54 Å². The van der Waals surface area contributed by atoms with E-state index in [9.17, 15) is 0 Å². The largest absolute Gasteiger partial charge is 0.384 e. The van der Waals surface area contributed by atoms with E-state index in [0.717, 1.165) is 29.5 Å². The zero-order valence-electron chi connectivity index (χ0n) is 9.10. The third-order valence-electron chi connectivity index (χ3n) is 2.05. The number of anilines is 2. The molecule has 0 spiro atoms. The molecule has 0 amide bonds. The van der Waals surface area contributed by atoms with Crippen LogP contribution in [0.1, 0.15) is 11.9 Å². The summed E-state index contributed by atoms with van der Waals surface area (Å²) in [5.41, 5.74) is 2.04. The van der Waals surface area contributed by atoms with Crippen LogP contribution in [0.2, 0.25) is 0 Å². The second-order valence-corrected chi connectivity index (χ2v) is 4.25. The Labute approximate surface area is 98.8 Å². The summed E-state index contributed by atoms with van der Waals surface area (Å²) in [6.45, 7) is 3.71. The Kier molecular flexibility index (Phi) is 3.71. The normalized spacial score (nSPS) is 10.1. The molecule has 2 N–H and O–H groups in total. The SMILES string of the molecule is CCNc1cncc(NCc2nccs2)c1. The van der Waals surface area contributed by atoms with Crippen LogP contribution >= 0.6 is 11.3 Å². The highest BCUT2D eigenvalue weighted by atomic mass is 32.1. The molecule has 0 saturated heterocycles. The van der Waals surface area contributed by atoms with Gasteiger partial charge in [-0.15, -0.1) is 11.3 Å². The van der Waals surface area contributed by atoms with Gasteiger partial charge in [0.1, 0.15) is 5.01 Å². The monoisotopic (exact) mass is 234 g/mol. The van der Waals surface area contributed by atoms with Crippen molar-refractivity contribution < 1.29 is 0 Å². The summed E-state index contributed by atoms with van der Waals surface area (Å²) in [5.74, 6) is 0. The number of hydrogen-bond acceptors (Lipinski definition) is 5. The minimum absolute atomic E-state index is 0.745. The number of nitrogens with zero attached hydrogens (tertiary/aromatic N) is 2. The van der Waals surface area contributed by atoms with Crippen LogP contribution in [0.4, 0.5) is 11.4 Å². The molecule has 0 bridgehead atoms. The van der Waals surface area contributed by atoms with E-state index in [1.807, 2.05) is 30.0 Å². The Bertz CT molecular complexity index is 427. The van der Waals surface area contributed by atoms with Gasteiger partial charge in [0.2, 0.25) is 0 Å². The lowest BCUT2D eigenvalue weighted by molar-refractivity contribution is 1.09. The molecule has 0 aliphatic heterocycles. The summed E-state index contributed by atoms with van der Waals surface area (Å²) >= 11 is 1.65. The van der Waals surface area contributed by atoms with Crippen molar-refractivity contribution in [3.05, 3.63) is 35.0 Å².